The van der Waals surface area contributed by atoms with Crippen LogP contribution in [-0.2, 0) is 9.59 Å². The van der Waals surface area contributed by atoms with Crippen LogP contribution in [0.5, 0.6) is 0 Å². The molecule has 0 aliphatic rings. The van der Waals surface area contributed by atoms with Gasteiger partial charge in [0.1, 0.15) is 5.97 Å². The number of aromatic amines is 1. The molecule has 0 aliphatic heterocycles. The highest BCUT2D eigenvalue weighted by Crippen LogP contribution is 2.17. The number of hydrogen-bond acceptors (Lipinski definition) is 5. The van der Waals surface area contributed by atoms with E-state index in [9.17, 15) is 22.8 Å². The maximum absolute atomic E-state index is 12.5. The molecular formula is C19H23F3N4O5. The standard InChI is InChI=1S/C17H22N4O3.C2HF3O2/c1-21(2,3)11-14(10-16(22)23)19-17(24)13-6-4-5-12(9-13)15-7-8-18-20-15;3-2(4,5)1(6)7/h4-9,14H,10-11H2,1-3H3,(H2-,18,19,20,22,23,24);(H,6,7)/t14-;/m1./s1. The van der Waals surface area contributed by atoms with E-state index in [-0.39, 0.29) is 12.3 Å². The summed E-state index contributed by atoms with van der Waals surface area (Å²) in [7, 11) is 5.87. The molecule has 1 aromatic carbocycles. The van der Waals surface area contributed by atoms with Crippen molar-refractivity contribution < 1.29 is 42.3 Å². The summed E-state index contributed by atoms with van der Waals surface area (Å²) in [6.45, 7) is 0.526. The van der Waals surface area contributed by atoms with Crippen LogP contribution in [0, 0.1) is 0 Å². The Balaban J connectivity index is 0.000000592. The molecule has 0 bridgehead atoms. The summed E-state index contributed by atoms with van der Waals surface area (Å²) in [5, 5.41) is 27.4. The lowest BCUT2D eigenvalue weighted by atomic mass is 10.1. The van der Waals surface area contributed by atoms with Gasteiger partial charge in [-0.15, -0.1) is 0 Å². The van der Waals surface area contributed by atoms with Crippen molar-refractivity contribution in [1.82, 2.24) is 15.5 Å². The molecule has 31 heavy (non-hydrogen) atoms. The molecule has 0 radical (unpaired) electrons. The largest absolute Gasteiger partial charge is 0.542 e. The van der Waals surface area contributed by atoms with Crippen molar-refractivity contribution in [2.24, 2.45) is 0 Å². The van der Waals surface area contributed by atoms with Gasteiger partial charge in [-0.3, -0.25) is 14.7 Å². The third-order valence-electron chi connectivity index (χ3n) is 3.69. The number of halogens is 3. The second kappa shape index (κ2) is 10.6. The van der Waals surface area contributed by atoms with Gasteiger partial charge in [0.2, 0.25) is 0 Å². The van der Waals surface area contributed by atoms with Crippen molar-refractivity contribution in [1.29, 1.82) is 0 Å². The molecule has 0 aliphatic carbocycles. The van der Waals surface area contributed by atoms with E-state index in [0.29, 0.717) is 16.6 Å². The van der Waals surface area contributed by atoms with E-state index < -0.39 is 24.2 Å². The highest BCUT2D eigenvalue weighted by atomic mass is 19.4. The lowest BCUT2D eigenvalue weighted by molar-refractivity contribution is -0.871. The van der Waals surface area contributed by atoms with E-state index in [2.05, 4.69) is 15.5 Å². The summed E-state index contributed by atoms with van der Waals surface area (Å²) < 4.78 is 32.1. The number of benzene rings is 1. The van der Waals surface area contributed by atoms with Crippen molar-refractivity contribution in [3.05, 3.63) is 42.1 Å². The second-order valence-corrected chi connectivity index (χ2v) is 7.58. The van der Waals surface area contributed by atoms with Crippen molar-refractivity contribution in [3.8, 4) is 11.3 Å². The van der Waals surface area contributed by atoms with Gasteiger partial charge in [0.05, 0.1) is 45.8 Å². The fourth-order valence-electron chi connectivity index (χ4n) is 2.55. The van der Waals surface area contributed by atoms with Crippen LogP contribution >= 0.6 is 0 Å². The molecule has 0 unspecified atom stereocenters. The number of nitrogens with one attached hydrogen (secondary N) is 2. The van der Waals surface area contributed by atoms with Crippen LogP contribution in [0.15, 0.2) is 36.5 Å². The van der Waals surface area contributed by atoms with E-state index in [4.69, 9.17) is 15.0 Å². The van der Waals surface area contributed by atoms with Crippen LogP contribution in [0.4, 0.5) is 13.2 Å². The zero-order valence-electron chi connectivity index (χ0n) is 17.1. The third-order valence-corrected chi connectivity index (χ3v) is 3.69. The molecule has 9 nitrogen and oxygen atoms in total. The van der Waals surface area contributed by atoms with Crippen molar-refractivity contribution in [2.75, 3.05) is 27.7 Å². The molecule has 1 amide bonds. The Bertz CT molecular complexity index is 893. The molecule has 1 heterocycles. The van der Waals surface area contributed by atoms with Crippen LogP contribution in [0.2, 0.25) is 0 Å². The number of aromatic nitrogens is 2. The summed E-state index contributed by atoms with van der Waals surface area (Å²) in [6, 6.07) is 8.51. The Labute approximate surface area is 176 Å². The zero-order chi connectivity index (χ0) is 23.8. The van der Waals surface area contributed by atoms with Crippen LogP contribution in [-0.4, -0.2) is 77.5 Å². The van der Waals surface area contributed by atoms with Crippen molar-refractivity contribution in [2.45, 2.75) is 18.6 Å². The quantitative estimate of drug-likeness (QED) is 0.537. The maximum Gasteiger partial charge on any atom is 0.430 e. The van der Waals surface area contributed by atoms with E-state index in [1.807, 2.05) is 33.3 Å². The lowest BCUT2D eigenvalue weighted by Crippen LogP contribution is -2.49. The molecule has 2 aromatic rings. The van der Waals surface area contributed by atoms with Gasteiger partial charge < -0.3 is 24.8 Å². The van der Waals surface area contributed by atoms with Gasteiger partial charge in [0, 0.05) is 17.3 Å². The molecule has 170 valence electrons. The Morgan fingerprint density at radius 1 is 1.23 bits per heavy atom. The fraction of sp³-hybridized carbons (Fsp3) is 0.368. The predicted octanol–water partition coefficient (Wildman–Crippen LogP) is 0.655. The van der Waals surface area contributed by atoms with Crippen LogP contribution in [0.25, 0.3) is 11.3 Å². The first-order valence-corrected chi connectivity index (χ1v) is 8.90. The molecule has 12 heteroatoms. The van der Waals surface area contributed by atoms with E-state index in [1.54, 1.807) is 24.4 Å². The minimum Gasteiger partial charge on any atom is -0.542 e. The van der Waals surface area contributed by atoms with Crippen molar-refractivity contribution >= 4 is 17.8 Å². The predicted molar refractivity (Wildman–Crippen MR) is 101 cm³/mol. The van der Waals surface area contributed by atoms with Gasteiger partial charge in [0.25, 0.3) is 5.91 Å². The molecule has 0 saturated heterocycles. The van der Waals surface area contributed by atoms with Gasteiger partial charge in [-0.1, -0.05) is 12.1 Å². The third kappa shape index (κ3) is 9.76. The molecule has 2 rings (SSSR count). The number of nitrogens with zero attached hydrogens (tertiary/aromatic N) is 2. The molecular weight excluding hydrogens is 421 g/mol. The van der Waals surface area contributed by atoms with E-state index >= 15 is 0 Å². The van der Waals surface area contributed by atoms with Gasteiger partial charge >= 0.3 is 12.1 Å². The Morgan fingerprint density at radius 3 is 2.29 bits per heavy atom. The number of amides is 1. The Kier molecular flexibility index (Phi) is 8.74. The smallest absolute Gasteiger partial charge is 0.430 e. The van der Waals surface area contributed by atoms with Gasteiger partial charge in [-0.2, -0.15) is 18.3 Å². The first-order valence-electron chi connectivity index (χ1n) is 8.90. The number of carbonyl (C=O) groups is 3. The first kappa shape index (κ1) is 25.6. The van der Waals surface area contributed by atoms with Crippen LogP contribution < -0.4 is 10.4 Å². The number of carbonyl (C=O) groups excluding carboxylic acids is 2. The number of quaternary nitrogens is 1. The van der Waals surface area contributed by atoms with Crippen molar-refractivity contribution in [3.63, 3.8) is 0 Å². The number of aliphatic carboxylic acids is 2. The monoisotopic (exact) mass is 444 g/mol. The zero-order valence-corrected chi connectivity index (χ0v) is 17.1. The molecule has 1 aromatic heterocycles. The number of carboxylic acid groups (broad SMARTS) is 2. The van der Waals surface area contributed by atoms with Crippen LogP contribution in [0.1, 0.15) is 16.8 Å². The number of hydrogen-bond donors (Lipinski definition) is 3. The summed E-state index contributed by atoms with van der Waals surface area (Å²) in [4.78, 5) is 32.3. The number of alkyl halides is 3. The summed E-state index contributed by atoms with van der Waals surface area (Å²) in [5.74, 6) is -4.22. The number of likely N-dealkylation sites (N-methyl/N-ethyl adjacent to an activating group) is 1. The Morgan fingerprint density at radius 2 is 1.84 bits per heavy atom. The molecule has 0 fully saturated rings. The minimum atomic E-state index is -5.19. The SMILES string of the molecule is C[N+](C)(C)C[C@@H](CC(=O)O)NC(=O)c1cccc(-c2ccn[nH]2)c1.O=C([O-])C(F)(F)F. The number of rotatable bonds is 7. The van der Waals surface area contributed by atoms with Gasteiger partial charge in [0.15, 0.2) is 0 Å². The highest BCUT2D eigenvalue weighted by molar-refractivity contribution is 5.95. The topological polar surface area (TPSA) is 135 Å². The summed E-state index contributed by atoms with van der Waals surface area (Å²) >= 11 is 0. The van der Waals surface area contributed by atoms with Crippen LogP contribution in [0.3, 0.4) is 0 Å². The second-order valence-electron chi connectivity index (χ2n) is 7.58. The lowest BCUT2D eigenvalue weighted by Gasteiger charge is -2.29. The molecule has 0 saturated carbocycles. The number of carboxylic acids is 2. The van der Waals surface area contributed by atoms with Gasteiger partial charge in [-0.25, -0.2) is 0 Å². The average Bonchev–Trinajstić information content (AvgIpc) is 3.14. The highest BCUT2D eigenvalue weighted by Gasteiger charge is 2.28. The summed E-state index contributed by atoms with van der Waals surface area (Å²) in [6.07, 6.45) is -3.66. The minimum absolute atomic E-state index is 0.110. The Hall–Kier alpha value is -3.41. The average molecular weight is 444 g/mol. The summed E-state index contributed by atoms with van der Waals surface area (Å²) in [5.41, 5.74) is 2.15. The number of H-pyrrole nitrogens is 1. The normalized spacial score (nSPS) is 12.3. The first-order chi connectivity index (χ1) is 14.2. The molecule has 0 spiro atoms. The molecule has 1 atom stereocenters. The van der Waals surface area contributed by atoms with E-state index in [1.165, 1.54) is 0 Å². The maximum atomic E-state index is 12.5. The van der Waals surface area contributed by atoms with E-state index in [0.717, 1.165) is 11.3 Å². The van der Waals surface area contributed by atoms with Gasteiger partial charge in [-0.05, 0) is 18.2 Å². The molecule has 3 N–H and O–H groups in total. The fourth-order valence-corrected chi connectivity index (χ4v) is 2.55.